The average Bonchev–Trinajstić information content (AvgIpc) is 3.21. The molecule has 0 aliphatic heterocycles. The first-order chi connectivity index (χ1) is 9.63. The summed E-state index contributed by atoms with van der Waals surface area (Å²) in [6, 6.07) is 10.4. The summed E-state index contributed by atoms with van der Waals surface area (Å²) in [6.45, 7) is 2.20. The number of aromatic nitrogens is 1. The SMILES string of the molecule is CC(CC1CC1)Nc1cc(C(N)=S)c2ccccc2n1. The van der Waals surface area contributed by atoms with E-state index in [4.69, 9.17) is 18.0 Å². The summed E-state index contributed by atoms with van der Waals surface area (Å²) in [5, 5.41) is 4.49. The molecule has 104 valence electrons. The van der Waals surface area contributed by atoms with Gasteiger partial charge < -0.3 is 11.1 Å². The number of thiocarbonyl (C=S) groups is 1. The van der Waals surface area contributed by atoms with Crippen molar-refractivity contribution in [2.45, 2.75) is 32.2 Å². The molecule has 0 saturated heterocycles. The van der Waals surface area contributed by atoms with Crippen LogP contribution >= 0.6 is 12.2 Å². The van der Waals surface area contributed by atoms with Crippen molar-refractivity contribution in [2.75, 3.05) is 5.32 Å². The lowest BCUT2D eigenvalue weighted by atomic mass is 10.1. The molecule has 1 aliphatic rings. The molecule has 1 aliphatic carbocycles. The van der Waals surface area contributed by atoms with Crippen LogP contribution < -0.4 is 11.1 Å². The number of nitrogens with two attached hydrogens (primary N) is 1. The highest BCUT2D eigenvalue weighted by Gasteiger charge is 2.23. The second-order valence-corrected chi connectivity index (χ2v) is 6.10. The number of benzene rings is 1. The van der Waals surface area contributed by atoms with E-state index < -0.39 is 0 Å². The molecule has 1 saturated carbocycles. The van der Waals surface area contributed by atoms with Gasteiger partial charge in [-0.15, -0.1) is 0 Å². The molecule has 3 N–H and O–H groups in total. The molecule has 0 amide bonds. The molecular weight excluding hydrogens is 266 g/mol. The van der Waals surface area contributed by atoms with Gasteiger partial charge in [-0.25, -0.2) is 4.98 Å². The fourth-order valence-corrected chi connectivity index (χ4v) is 2.79. The average molecular weight is 285 g/mol. The van der Waals surface area contributed by atoms with Gasteiger partial charge in [0.25, 0.3) is 0 Å². The summed E-state index contributed by atoms with van der Waals surface area (Å²) in [7, 11) is 0. The van der Waals surface area contributed by atoms with E-state index in [0.29, 0.717) is 11.0 Å². The Morgan fingerprint density at radius 1 is 1.45 bits per heavy atom. The molecule has 2 aromatic rings. The Bertz CT molecular complexity index is 649. The number of anilines is 1. The second kappa shape index (κ2) is 5.37. The van der Waals surface area contributed by atoms with E-state index in [-0.39, 0.29) is 0 Å². The zero-order valence-electron chi connectivity index (χ0n) is 11.6. The summed E-state index contributed by atoms with van der Waals surface area (Å²) >= 11 is 5.16. The van der Waals surface area contributed by atoms with Crippen molar-refractivity contribution in [3.8, 4) is 0 Å². The number of nitrogens with zero attached hydrogens (tertiary/aromatic N) is 1. The third-order valence-corrected chi connectivity index (χ3v) is 3.98. The first-order valence-corrected chi connectivity index (χ1v) is 7.50. The highest BCUT2D eigenvalue weighted by molar-refractivity contribution is 7.80. The van der Waals surface area contributed by atoms with Gasteiger partial charge in [0.05, 0.1) is 5.52 Å². The number of hydrogen-bond acceptors (Lipinski definition) is 3. The normalized spacial score (nSPS) is 16.1. The molecule has 1 aromatic carbocycles. The molecule has 1 atom stereocenters. The summed E-state index contributed by atoms with van der Waals surface area (Å²) in [6.07, 6.45) is 3.95. The van der Waals surface area contributed by atoms with Gasteiger partial charge in [0.15, 0.2) is 0 Å². The predicted octanol–water partition coefficient (Wildman–Crippen LogP) is 3.47. The van der Waals surface area contributed by atoms with Gasteiger partial charge in [0.1, 0.15) is 10.8 Å². The molecule has 3 nitrogen and oxygen atoms in total. The van der Waals surface area contributed by atoms with Crippen molar-refractivity contribution < 1.29 is 0 Å². The van der Waals surface area contributed by atoms with E-state index in [2.05, 4.69) is 17.2 Å². The van der Waals surface area contributed by atoms with Crippen LogP contribution in [0.2, 0.25) is 0 Å². The maximum atomic E-state index is 5.85. The van der Waals surface area contributed by atoms with Crippen LogP contribution in [0.5, 0.6) is 0 Å². The number of fused-ring (bicyclic) bond motifs is 1. The van der Waals surface area contributed by atoms with Crippen molar-refractivity contribution in [1.29, 1.82) is 0 Å². The largest absolute Gasteiger partial charge is 0.389 e. The number of hydrogen-bond donors (Lipinski definition) is 2. The lowest BCUT2D eigenvalue weighted by Crippen LogP contribution is -2.18. The fourth-order valence-electron chi connectivity index (χ4n) is 2.62. The zero-order chi connectivity index (χ0) is 14.1. The van der Waals surface area contributed by atoms with Gasteiger partial charge in [-0.1, -0.05) is 43.3 Å². The van der Waals surface area contributed by atoms with Crippen molar-refractivity contribution >= 4 is 33.9 Å². The Balaban J connectivity index is 1.92. The van der Waals surface area contributed by atoms with Crippen LogP contribution in [0.3, 0.4) is 0 Å². The van der Waals surface area contributed by atoms with Gasteiger partial charge in [0, 0.05) is 17.0 Å². The van der Waals surface area contributed by atoms with Gasteiger partial charge in [-0.3, -0.25) is 0 Å². The predicted molar refractivity (Wildman–Crippen MR) is 88.1 cm³/mol. The Morgan fingerprint density at radius 2 is 2.20 bits per heavy atom. The van der Waals surface area contributed by atoms with Gasteiger partial charge in [0.2, 0.25) is 0 Å². The van der Waals surface area contributed by atoms with Gasteiger partial charge in [-0.05, 0) is 31.4 Å². The van der Waals surface area contributed by atoms with Crippen molar-refractivity contribution in [2.24, 2.45) is 11.7 Å². The molecule has 1 fully saturated rings. The van der Waals surface area contributed by atoms with E-state index in [1.54, 1.807) is 0 Å². The van der Waals surface area contributed by atoms with E-state index >= 15 is 0 Å². The van der Waals surface area contributed by atoms with Crippen LogP contribution in [0.1, 0.15) is 31.7 Å². The van der Waals surface area contributed by atoms with Gasteiger partial charge in [-0.2, -0.15) is 0 Å². The standard InChI is InChI=1S/C16H19N3S/c1-10(8-11-6-7-11)18-15-9-13(16(17)20)12-4-2-3-5-14(12)19-15/h2-5,9-11H,6-8H2,1H3,(H2,17,20)(H,18,19). The molecule has 0 radical (unpaired) electrons. The molecule has 20 heavy (non-hydrogen) atoms. The fraction of sp³-hybridized carbons (Fsp3) is 0.375. The maximum absolute atomic E-state index is 5.85. The Kier molecular flexibility index (Phi) is 3.57. The quantitative estimate of drug-likeness (QED) is 0.826. The third-order valence-electron chi connectivity index (χ3n) is 3.76. The van der Waals surface area contributed by atoms with Crippen LogP contribution in [0, 0.1) is 5.92 Å². The molecule has 1 heterocycles. The minimum absolute atomic E-state index is 0.418. The van der Waals surface area contributed by atoms with Crippen LogP contribution in [0.4, 0.5) is 5.82 Å². The lowest BCUT2D eigenvalue weighted by Gasteiger charge is -2.16. The molecule has 4 heteroatoms. The molecule has 0 bridgehead atoms. The zero-order valence-corrected chi connectivity index (χ0v) is 12.4. The van der Waals surface area contributed by atoms with E-state index in [9.17, 15) is 0 Å². The first kappa shape index (κ1) is 13.3. The maximum Gasteiger partial charge on any atom is 0.127 e. The van der Waals surface area contributed by atoms with Crippen LogP contribution in [-0.4, -0.2) is 16.0 Å². The van der Waals surface area contributed by atoms with Crippen LogP contribution in [-0.2, 0) is 0 Å². The van der Waals surface area contributed by atoms with Gasteiger partial charge >= 0.3 is 0 Å². The summed E-state index contributed by atoms with van der Waals surface area (Å²) < 4.78 is 0. The second-order valence-electron chi connectivity index (χ2n) is 5.66. The van der Waals surface area contributed by atoms with E-state index in [0.717, 1.165) is 28.2 Å². The van der Waals surface area contributed by atoms with Crippen LogP contribution in [0.15, 0.2) is 30.3 Å². The minimum Gasteiger partial charge on any atom is -0.389 e. The number of pyridine rings is 1. The molecule has 1 unspecified atom stereocenters. The lowest BCUT2D eigenvalue weighted by molar-refractivity contribution is 0.640. The monoisotopic (exact) mass is 285 g/mol. The van der Waals surface area contributed by atoms with Crippen molar-refractivity contribution in [1.82, 2.24) is 4.98 Å². The number of rotatable bonds is 5. The summed E-state index contributed by atoms with van der Waals surface area (Å²) in [4.78, 5) is 5.08. The molecular formula is C16H19N3S. The highest BCUT2D eigenvalue weighted by atomic mass is 32.1. The Hall–Kier alpha value is -1.68. The summed E-state index contributed by atoms with van der Waals surface area (Å²) in [5.41, 5.74) is 7.67. The Morgan fingerprint density at radius 3 is 2.90 bits per heavy atom. The molecule has 0 spiro atoms. The summed E-state index contributed by atoms with van der Waals surface area (Å²) in [5.74, 6) is 1.76. The van der Waals surface area contributed by atoms with Crippen molar-refractivity contribution in [3.63, 3.8) is 0 Å². The highest BCUT2D eigenvalue weighted by Crippen LogP contribution is 2.34. The van der Waals surface area contributed by atoms with E-state index in [1.807, 2.05) is 30.3 Å². The smallest absolute Gasteiger partial charge is 0.127 e. The number of nitrogens with one attached hydrogen (secondary N) is 1. The number of para-hydroxylation sites is 1. The molecule has 1 aromatic heterocycles. The minimum atomic E-state index is 0.418. The Labute approximate surface area is 124 Å². The molecule has 3 rings (SSSR count). The third kappa shape index (κ3) is 2.90. The van der Waals surface area contributed by atoms with Crippen LogP contribution in [0.25, 0.3) is 10.9 Å². The first-order valence-electron chi connectivity index (χ1n) is 7.09. The van der Waals surface area contributed by atoms with E-state index in [1.165, 1.54) is 19.3 Å². The van der Waals surface area contributed by atoms with Crippen molar-refractivity contribution in [3.05, 3.63) is 35.9 Å². The topological polar surface area (TPSA) is 50.9 Å².